The molecule has 2 amide bonds. The minimum Gasteiger partial charge on any atom is -0.475 e. The van der Waals surface area contributed by atoms with E-state index in [4.69, 9.17) is 20.1 Å². The fraction of sp³-hybridized carbons (Fsp3) is 0.308. The number of amides is 2. The number of likely N-dealkylation sites (N-methyl/N-ethyl adjacent to an activating group) is 1. The van der Waals surface area contributed by atoms with E-state index < -0.39 is 17.7 Å². The highest BCUT2D eigenvalue weighted by Crippen LogP contribution is 2.27. The van der Waals surface area contributed by atoms with Crippen LogP contribution in [0.15, 0.2) is 47.0 Å². The van der Waals surface area contributed by atoms with Gasteiger partial charge in [-0.3, -0.25) is 9.59 Å². The van der Waals surface area contributed by atoms with E-state index in [1.165, 1.54) is 6.08 Å². The van der Waals surface area contributed by atoms with Crippen molar-refractivity contribution in [2.24, 2.45) is 5.73 Å². The topological polar surface area (TPSA) is 139 Å². The minimum absolute atomic E-state index is 0.123. The lowest BCUT2D eigenvalue weighted by Crippen LogP contribution is -2.47. The van der Waals surface area contributed by atoms with Gasteiger partial charge in [0.1, 0.15) is 17.2 Å². The Bertz CT molecular complexity index is 1400. The molecule has 1 aromatic carbocycles. The number of carboxylic acid groups (broad SMARTS) is 1. The first kappa shape index (κ1) is 28.4. The zero-order valence-corrected chi connectivity index (χ0v) is 20.9. The first-order valence-electron chi connectivity index (χ1n) is 11.5. The monoisotopic (exact) mass is 532 g/mol. The molecule has 9 nitrogen and oxygen atoms in total. The van der Waals surface area contributed by atoms with Gasteiger partial charge in [0, 0.05) is 36.8 Å². The lowest BCUT2D eigenvalue weighted by Gasteiger charge is -2.19. The average molecular weight is 533 g/mol. The molecular formula is C26H27F3N4O5. The van der Waals surface area contributed by atoms with Crippen LogP contribution < -0.4 is 11.1 Å². The lowest BCUT2D eigenvalue weighted by molar-refractivity contribution is -0.192. The number of aromatic nitrogens is 1. The summed E-state index contributed by atoms with van der Waals surface area (Å²) in [6.07, 6.45) is 0.983. The van der Waals surface area contributed by atoms with Gasteiger partial charge >= 0.3 is 12.1 Å². The van der Waals surface area contributed by atoms with Crippen molar-refractivity contribution in [2.75, 3.05) is 12.4 Å². The number of furan rings is 1. The summed E-state index contributed by atoms with van der Waals surface area (Å²) in [5.41, 5.74) is 8.66. The average Bonchev–Trinajstić information content (AvgIpc) is 3.10. The van der Waals surface area contributed by atoms with Crippen molar-refractivity contribution in [1.82, 2.24) is 9.88 Å². The number of aryl methyl sites for hydroxylation is 2. The summed E-state index contributed by atoms with van der Waals surface area (Å²) in [6.45, 7) is 4.08. The molecule has 12 heteroatoms. The molecule has 3 aromatic rings. The van der Waals surface area contributed by atoms with Crippen molar-refractivity contribution >= 4 is 40.6 Å². The number of fused-ring (bicyclic) bond motifs is 2. The molecule has 4 rings (SSSR count). The summed E-state index contributed by atoms with van der Waals surface area (Å²) in [5, 5.41) is 10.9. The van der Waals surface area contributed by atoms with Crippen molar-refractivity contribution in [1.29, 1.82) is 0 Å². The number of anilines is 1. The second-order valence-corrected chi connectivity index (χ2v) is 9.11. The van der Waals surface area contributed by atoms with E-state index in [9.17, 15) is 22.8 Å². The number of hydrogen-bond donors (Lipinski definition) is 3. The Labute approximate surface area is 216 Å². The number of benzene rings is 1. The molecule has 1 unspecified atom stereocenters. The number of nitrogens with one attached hydrogen (secondary N) is 1. The Hall–Kier alpha value is -4.19. The van der Waals surface area contributed by atoms with Crippen molar-refractivity contribution < 1.29 is 37.1 Å². The number of alkyl halides is 3. The number of pyridine rings is 1. The summed E-state index contributed by atoms with van der Waals surface area (Å²) >= 11 is 0. The van der Waals surface area contributed by atoms with Crippen molar-refractivity contribution in [3.05, 3.63) is 65.1 Å². The van der Waals surface area contributed by atoms with Crippen LogP contribution in [-0.4, -0.2) is 51.5 Å². The maximum Gasteiger partial charge on any atom is 0.490 e. The molecule has 2 aromatic heterocycles. The number of carbonyl (C=O) groups excluding carboxylic acids is 2. The van der Waals surface area contributed by atoms with Crippen LogP contribution in [0.4, 0.5) is 19.0 Å². The molecule has 0 saturated heterocycles. The van der Waals surface area contributed by atoms with Gasteiger partial charge in [-0.2, -0.15) is 13.2 Å². The standard InChI is InChI=1S/C24H26N4O3.C2HF3O2/c1-15-19(18-6-4-5-7-20(18)31-15)14-28(3)21(29)9-8-16-12-17-10-11-24(2,25)23(30)27-22(17)26-13-16;3-2(4,5)1(6)7/h4-9,12-13H,10-11,14,25H2,1-3H3,(H,26,27,30);(H,6,7)/b9-8+;. The van der Waals surface area contributed by atoms with Gasteiger partial charge in [-0.25, -0.2) is 9.78 Å². The van der Waals surface area contributed by atoms with Gasteiger partial charge in [-0.1, -0.05) is 18.2 Å². The molecule has 0 aliphatic carbocycles. The number of nitrogens with zero attached hydrogens (tertiary/aromatic N) is 2. The summed E-state index contributed by atoms with van der Waals surface area (Å²) in [5.74, 6) is -1.77. The van der Waals surface area contributed by atoms with Gasteiger partial charge < -0.3 is 25.5 Å². The minimum atomic E-state index is -5.08. The van der Waals surface area contributed by atoms with Gasteiger partial charge in [0.25, 0.3) is 0 Å². The number of halogens is 3. The highest BCUT2D eigenvalue weighted by Gasteiger charge is 2.38. The molecule has 38 heavy (non-hydrogen) atoms. The van der Waals surface area contributed by atoms with Gasteiger partial charge in [-0.15, -0.1) is 0 Å². The number of rotatable bonds is 4. The Morgan fingerprint density at radius 1 is 1.32 bits per heavy atom. The maximum atomic E-state index is 12.7. The van der Waals surface area contributed by atoms with E-state index in [0.29, 0.717) is 25.2 Å². The highest BCUT2D eigenvalue weighted by molar-refractivity contribution is 5.98. The molecule has 1 aliphatic heterocycles. The quantitative estimate of drug-likeness (QED) is 0.431. The van der Waals surface area contributed by atoms with E-state index in [-0.39, 0.29) is 11.8 Å². The largest absolute Gasteiger partial charge is 0.490 e. The molecule has 1 atom stereocenters. The third-order valence-corrected chi connectivity index (χ3v) is 5.98. The van der Waals surface area contributed by atoms with Crippen LogP contribution in [0.1, 0.15) is 35.8 Å². The van der Waals surface area contributed by atoms with Crippen LogP contribution in [0, 0.1) is 6.92 Å². The first-order valence-corrected chi connectivity index (χ1v) is 11.5. The number of nitrogens with two attached hydrogens (primary N) is 1. The zero-order valence-electron chi connectivity index (χ0n) is 20.9. The highest BCUT2D eigenvalue weighted by atomic mass is 19.4. The van der Waals surface area contributed by atoms with Crippen LogP contribution in [0.5, 0.6) is 0 Å². The number of carboxylic acids is 1. The second kappa shape index (κ2) is 11.1. The summed E-state index contributed by atoms with van der Waals surface area (Å²) in [6, 6.07) is 9.75. The van der Waals surface area contributed by atoms with Gasteiger partial charge in [-0.05, 0) is 56.0 Å². The smallest absolute Gasteiger partial charge is 0.475 e. The molecule has 0 fully saturated rings. The van der Waals surface area contributed by atoms with E-state index in [2.05, 4.69) is 10.3 Å². The number of hydrogen-bond acceptors (Lipinski definition) is 6. The fourth-order valence-corrected chi connectivity index (χ4v) is 3.71. The Balaban J connectivity index is 0.000000505. The Kier molecular flexibility index (Phi) is 8.25. The third-order valence-electron chi connectivity index (χ3n) is 5.98. The summed E-state index contributed by atoms with van der Waals surface area (Å²) in [4.78, 5) is 39.7. The molecule has 0 bridgehead atoms. The van der Waals surface area contributed by atoms with Crippen LogP contribution in [0.25, 0.3) is 17.0 Å². The van der Waals surface area contributed by atoms with Crippen LogP contribution in [-0.2, 0) is 27.3 Å². The predicted molar refractivity (Wildman–Crippen MR) is 134 cm³/mol. The van der Waals surface area contributed by atoms with Crippen LogP contribution in [0.2, 0.25) is 0 Å². The second-order valence-electron chi connectivity index (χ2n) is 9.11. The van der Waals surface area contributed by atoms with E-state index >= 15 is 0 Å². The number of aliphatic carboxylic acids is 1. The Morgan fingerprint density at radius 3 is 2.63 bits per heavy atom. The van der Waals surface area contributed by atoms with Crippen LogP contribution in [0.3, 0.4) is 0 Å². The molecule has 1 aliphatic rings. The zero-order chi connectivity index (χ0) is 28.3. The lowest BCUT2D eigenvalue weighted by atomic mass is 9.95. The van der Waals surface area contributed by atoms with Gasteiger partial charge in [0.05, 0.1) is 5.54 Å². The van der Waals surface area contributed by atoms with Crippen molar-refractivity contribution in [3.8, 4) is 0 Å². The van der Waals surface area contributed by atoms with E-state index in [0.717, 1.165) is 33.4 Å². The molecule has 0 saturated carbocycles. The molecule has 4 N–H and O–H groups in total. The summed E-state index contributed by atoms with van der Waals surface area (Å²) in [7, 11) is 1.76. The molecule has 202 valence electrons. The number of para-hydroxylation sites is 1. The summed E-state index contributed by atoms with van der Waals surface area (Å²) < 4.78 is 37.5. The normalized spacial score (nSPS) is 17.3. The molecule has 0 radical (unpaired) electrons. The SMILES string of the molecule is Cc1oc2ccccc2c1CN(C)C(=O)/C=C/c1cnc2c(c1)CCC(C)(N)C(=O)N2.O=C(O)C(F)(F)F. The Morgan fingerprint density at radius 2 is 1.97 bits per heavy atom. The van der Waals surface area contributed by atoms with Gasteiger partial charge in [0.15, 0.2) is 0 Å². The van der Waals surface area contributed by atoms with E-state index in [1.807, 2.05) is 37.3 Å². The fourth-order valence-electron chi connectivity index (χ4n) is 3.71. The molecular weight excluding hydrogens is 505 g/mol. The van der Waals surface area contributed by atoms with E-state index in [1.54, 1.807) is 31.1 Å². The maximum absolute atomic E-state index is 12.7. The van der Waals surface area contributed by atoms with Gasteiger partial charge in [0.2, 0.25) is 11.8 Å². The van der Waals surface area contributed by atoms with Crippen LogP contribution >= 0.6 is 0 Å². The third kappa shape index (κ3) is 6.76. The molecule has 3 heterocycles. The first-order chi connectivity index (χ1) is 17.7. The predicted octanol–water partition coefficient (Wildman–Crippen LogP) is 4.04. The number of carbonyl (C=O) groups is 3. The molecule has 0 spiro atoms. The van der Waals surface area contributed by atoms with Crippen molar-refractivity contribution in [2.45, 2.75) is 44.9 Å². The van der Waals surface area contributed by atoms with Crippen molar-refractivity contribution in [3.63, 3.8) is 0 Å².